The van der Waals surface area contributed by atoms with E-state index in [-0.39, 0.29) is 11.9 Å². The number of ether oxygens (including phenoxy) is 1. The molecule has 0 fully saturated rings. The third-order valence-corrected chi connectivity index (χ3v) is 5.25. The van der Waals surface area contributed by atoms with Gasteiger partial charge in [0, 0.05) is 29.2 Å². The van der Waals surface area contributed by atoms with Gasteiger partial charge in [-0.2, -0.15) is 0 Å². The van der Waals surface area contributed by atoms with Gasteiger partial charge in [-0.3, -0.25) is 9.78 Å². The molecule has 0 bridgehead atoms. The number of anilines is 1. The Kier molecular flexibility index (Phi) is 6.60. The zero-order valence-corrected chi connectivity index (χ0v) is 17.9. The van der Waals surface area contributed by atoms with Crippen molar-refractivity contribution in [2.24, 2.45) is 0 Å². The number of hydrogen-bond donors (Lipinski definition) is 2. The lowest BCUT2D eigenvalue weighted by atomic mass is 10.0. The normalized spacial score (nSPS) is 10.8. The van der Waals surface area contributed by atoms with Crippen molar-refractivity contribution in [3.63, 3.8) is 0 Å². The van der Waals surface area contributed by atoms with Gasteiger partial charge in [-0.05, 0) is 67.8 Å². The molecule has 4 aromatic rings. The molecule has 0 saturated heterocycles. The molecular formula is C26H25N3O3. The van der Waals surface area contributed by atoms with Crippen LogP contribution in [0.5, 0.6) is 0 Å². The second-order valence-electron chi connectivity index (χ2n) is 7.44. The van der Waals surface area contributed by atoms with Crippen LogP contribution < -0.4 is 5.32 Å². The molecule has 0 aliphatic rings. The molecular weight excluding hydrogens is 402 g/mol. The van der Waals surface area contributed by atoms with Crippen LogP contribution in [0.15, 0.2) is 72.9 Å². The van der Waals surface area contributed by atoms with E-state index in [0.717, 1.165) is 28.7 Å². The number of rotatable bonds is 8. The number of H-pyrrole nitrogens is 1. The third-order valence-electron chi connectivity index (χ3n) is 5.25. The number of pyridine rings is 1. The molecule has 4 rings (SSSR count). The van der Waals surface area contributed by atoms with Gasteiger partial charge in [0.1, 0.15) is 0 Å². The largest absolute Gasteiger partial charge is 0.462 e. The molecule has 0 saturated carbocycles. The van der Waals surface area contributed by atoms with Crippen molar-refractivity contribution in [2.45, 2.75) is 26.2 Å². The molecule has 2 heterocycles. The number of amides is 1. The number of aromatic amines is 1. The Bertz CT molecular complexity index is 1210. The van der Waals surface area contributed by atoms with E-state index in [9.17, 15) is 9.59 Å². The Balaban J connectivity index is 1.40. The number of carbonyl (C=O) groups is 2. The number of hydrogen-bond acceptors (Lipinski definition) is 4. The average Bonchev–Trinajstić information content (AvgIpc) is 3.19. The first-order valence-electron chi connectivity index (χ1n) is 10.7. The number of fused-ring (bicyclic) bond motifs is 1. The number of nitrogens with zero attached hydrogens (tertiary/aromatic N) is 1. The van der Waals surface area contributed by atoms with Crippen LogP contribution in [-0.2, 0) is 16.0 Å². The summed E-state index contributed by atoms with van der Waals surface area (Å²) in [6, 6.07) is 20.8. The maximum atomic E-state index is 12.5. The van der Waals surface area contributed by atoms with E-state index in [1.165, 1.54) is 5.56 Å². The van der Waals surface area contributed by atoms with E-state index in [2.05, 4.69) is 27.4 Å². The van der Waals surface area contributed by atoms with Crippen molar-refractivity contribution >= 4 is 28.5 Å². The van der Waals surface area contributed by atoms with Gasteiger partial charge in [-0.1, -0.05) is 24.3 Å². The molecule has 32 heavy (non-hydrogen) atoms. The topological polar surface area (TPSA) is 84.1 Å². The lowest BCUT2D eigenvalue weighted by molar-refractivity contribution is -0.116. The summed E-state index contributed by atoms with van der Waals surface area (Å²) >= 11 is 0. The molecule has 162 valence electrons. The van der Waals surface area contributed by atoms with E-state index in [1.54, 1.807) is 37.4 Å². The number of benzene rings is 2. The van der Waals surface area contributed by atoms with Crippen LogP contribution in [0.3, 0.4) is 0 Å². The summed E-state index contributed by atoms with van der Waals surface area (Å²) in [5.41, 5.74) is 5.25. The number of aryl methyl sites for hydroxylation is 1. The first-order valence-corrected chi connectivity index (χ1v) is 10.7. The second kappa shape index (κ2) is 9.92. The molecule has 2 aromatic heterocycles. The lowest BCUT2D eigenvalue weighted by Gasteiger charge is -2.08. The Morgan fingerprint density at radius 3 is 2.53 bits per heavy atom. The molecule has 0 aliphatic heterocycles. The van der Waals surface area contributed by atoms with Gasteiger partial charge in [0.15, 0.2) is 0 Å². The summed E-state index contributed by atoms with van der Waals surface area (Å²) in [4.78, 5) is 32.2. The highest BCUT2D eigenvalue weighted by atomic mass is 16.5. The fraction of sp³-hybridized carbons (Fsp3) is 0.192. The minimum Gasteiger partial charge on any atom is -0.462 e. The third kappa shape index (κ3) is 4.86. The van der Waals surface area contributed by atoms with E-state index < -0.39 is 0 Å². The van der Waals surface area contributed by atoms with Crippen LogP contribution >= 0.6 is 0 Å². The molecule has 6 heteroatoms. The standard InChI is InChI=1S/C26H25N3O3/c1-2-32-26(31)18-13-15-19(16-14-18)28-24(30)12-7-9-21-20-8-3-4-10-22(20)29-25(21)23-11-5-6-17-27-23/h3-6,8,10-11,13-17,29H,2,7,9,12H2,1H3,(H,28,30). The first-order chi connectivity index (χ1) is 15.7. The summed E-state index contributed by atoms with van der Waals surface area (Å²) < 4.78 is 4.98. The van der Waals surface area contributed by atoms with Gasteiger partial charge in [0.2, 0.25) is 5.91 Å². The van der Waals surface area contributed by atoms with Crippen molar-refractivity contribution in [3.05, 3.63) is 84.1 Å². The molecule has 6 nitrogen and oxygen atoms in total. The maximum absolute atomic E-state index is 12.5. The summed E-state index contributed by atoms with van der Waals surface area (Å²) in [6.07, 6.45) is 3.63. The van der Waals surface area contributed by atoms with Crippen LogP contribution in [0.4, 0.5) is 5.69 Å². The Labute approximate surface area is 186 Å². The second-order valence-corrected chi connectivity index (χ2v) is 7.44. The van der Waals surface area contributed by atoms with Gasteiger partial charge in [0.05, 0.1) is 23.6 Å². The van der Waals surface area contributed by atoms with Crippen molar-refractivity contribution in [2.75, 3.05) is 11.9 Å². The molecule has 0 atom stereocenters. The molecule has 0 spiro atoms. The maximum Gasteiger partial charge on any atom is 0.338 e. The SMILES string of the molecule is CCOC(=O)c1ccc(NC(=O)CCCc2c(-c3ccccn3)[nH]c3ccccc23)cc1. The minimum absolute atomic E-state index is 0.0619. The zero-order valence-electron chi connectivity index (χ0n) is 17.9. The van der Waals surface area contributed by atoms with E-state index >= 15 is 0 Å². The summed E-state index contributed by atoms with van der Waals surface area (Å²) in [6.45, 7) is 2.10. The molecule has 0 unspecified atom stereocenters. The highest BCUT2D eigenvalue weighted by Gasteiger charge is 2.14. The molecule has 0 radical (unpaired) electrons. The lowest BCUT2D eigenvalue weighted by Crippen LogP contribution is -2.12. The Morgan fingerprint density at radius 1 is 1.00 bits per heavy atom. The van der Waals surface area contributed by atoms with Crippen LogP contribution in [0.25, 0.3) is 22.3 Å². The van der Waals surface area contributed by atoms with Crippen LogP contribution in [0.2, 0.25) is 0 Å². The number of para-hydroxylation sites is 1. The number of carbonyl (C=O) groups excluding carboxylic acids is 2. The summed E-state index contributed by atoms with van der Waals surface area (Å²) in [5.74, 6) is -0.430. The predicted molar refractivity (Wildman–Crippen MR) is 125 cm³/mol. The Morgan fingerprint density at radius 2 is 1.78 bits per heavy atom. The van der Waals surface area contributed by atoms with Crippen LogP contribution in [0.1, 0.15) is 35.7 Å². The van der Waals surface area contributed by atoms with Crippen molar-refractivity contribution in [3.8, 4) is 11.4 Å². The fourth-order valence-electron chi connectivity index (χ4n) is 3.74. The van der Waals surface area contributed by atoms with Crippen molar-refractivity contribution in [1.82, 2.24) is 9.97 Å². The van der Waals surface area contributed by atoms with Gasteiger partial charge >= 0.3 is 5.97 Å². The number of esters is 1. The van der Waals surface area contributed by atoms with Crippen molar-refractivity contribution in [1.29, 1.82) is 0 Å². The average molecular weight is 428 g/mol. The van der Waals surface area contributed by atoms with Crippen molar-refractivity contribution < 1.29 is 14.3 Å². The predicted octanol–water partition coefficient (Wildman–Crippen LogP) is 5.37. The number of aromatic nitrogens is 2. The zero-order chi connectivity index (χ0) is 22.3. The molecule has 1 amide bonds. The van der Waals surface area contributed by atoms with Crippen LogP contribution in [0, 0.1) is 0 Å². The molecule has 2 aromatic carbocycles. The smallest absolute Gasteiger partial charge is 0.338 e. The van der Waals surface area contributed by atoms with E-state index in [4.69, 9.17) is 4.74 Å². The number of nitrogens with one attached hydrogen (secondary N) is 2. The first kappa shape index (κ1) is 21.3. The quantitative estimate of drug-likeness (QED) is 0.370. The van der Waals surface area contributed by atoms with Crippen LogP contribution in [-0.4, -0.2) is 28.5 Å². The highest BCUT2D eigenvalue weighted by Crippen LogP contribution is 2.30. The van der Waals surface area contributed by atoms with E-state index in [1.807, 2.05) is 30.3 Å². The Hall–Kier alpha value is -3.93. The van der Waals surface area contributed by atoms with Gasteiger partial charge in [-0.15, -0.1) is 0 Å². The van der Waals surface area contributed by atoms with E-state index in [0.29, 0.717) is 30.7 Å². The molecule has 0 aliphatic carbocycles. The summed E-state index contributed by atoms with van der Waals surface area (Å²) in [7, 11) is 0. The monoisotopic (exact) mass is 427 g/mol. The minimum atomic E-state index is -0.368. The molecule has 2 N–H and O–H groups in total. The van der Waals surface area contributed by atoms with Gasteiger partial charge < -0.3 is 15.0 Å². The fourth-order valence-corrected chi connectivity index (χ4v) is 3.74. The van der Waals surface area contributed by atoms with Gasteiger partial charge in [-0.25, -0.2) is 4.79 Å². The highest BCUT2D eigenvalue weighted by molar-refractivity contribution is 5.93. The summed E-state index contributed by atoms with van der Waals surface area (Å²) in [5, 5.41) is 4.05. The van der Waals surface area contributed by atoms with Gasteiger partial charge in [0.25, 0.3) is 0 Å².